The summed E-state index contributed by atoms with van der Waals surface area (Å²) in [5, 5.41) is 0.659. The van der Waals surface area contributed by atoms with E-state index in [0.717, 1.165) is 11.4 Å². The fourth-order valence-electron chi connectivity index (χ4n) is 3.69. The summed E-state index contributed by atoms with van der Waals surface area (Å²) >= 11 is 5.94. The summed E-state index contributed by atoms with van der Waals surface area (Å²) in [7, 11) is -1.86. The third-order valence-corrected chi connectivity index (χ3v) is 7.23. The molecule has 1 N–H and O–H groups in total. The molecule has 0 saturated carbocycles. The fourth-order valence-corrected chi connectivity index (χ4v) is 4.82. The molecular formula is C23H25ClN6O3S. The van der Waals surface area contributed by atoms with Crippen molar-refractivity contribution in [2.75, 3.05) is 54.3 Å². The number of likely N-dealkylation sites (N-methyl/N-ethyl adjacent to an activating group) is 1. The van der Waals surface area contributed by atoms with Crippen molar-refractivity contribution in [2.45, 2.75) is 4.90 Å². The van der Waals surface area contributed by atoms with Gasteiger partial charge in [0, 0.05) is 55.8 Å². The van der Waals surface area contributed by atoms with E-state index in [1.165, 1.54) is 18.6 Å². The minimum atomic E-state index is -3.74. The molecule has 2 heterocycles. The standard InChI is InChI=1S/C23H25ClN6O3S/c1-28(19-4-2-18(24)3-5-19)16-23(31)30-14-12-29(13-15-30)20-6-8-21(9-7-20)34(32,33)27-22-10-11-25-17-26-22/h2-11,17H,12-16H2,1H3,(H,25,26,27). The zero-order valence-corrected chi connectivity index (χ0v) is 20.2. The van der Waals surface area contributed by atoms with Crippen LogP contribution in [-0.2, 0) is 14.8 Å². The lowest BCUT2D eigenvalue weighted by Crippen LogP contribution is -2.51. The molecule has 34 heavy (non-hydrogen) atoms. The van der Waals surface area contributed by atoms with Crippen LogP contribution in [0.1, 0.15) is 0 Å². The maximum atomic E-state index is 12.8. The predicted octanol–water partition coefficient (Wildman–Crippen LogP) is 2.72. The normalized spacial score (nSPS) is 14.1. The molecule has 0 bridgehead atoms. The Morgan fingerprint density at radius 3 is 2.32 bits per heavy atom. The number of nitrogens with zero attached hydrogens (tertiary/aromatic N) is 5. The van der Waals surface area contributed by atoms with Crippen molar-refractivity contribution in [3.8, 4) is 0 Å². The van der Waals surface area contributed by atoms with Crippen LogP contribution >= 0.6 is 11.6 Å². The van der Waals surface area contributed by atoms with E-state index in [2.05, 4.69) is 19.6 Å². The van der Waals surface area contributed by atoms with Gasteiger partial charge in [-0.1, -0.05) is 11.6 Å². The van der Waals surface area contributed by atoms with Gasteiger partial charge >= 0.3 is 0 Å². The van der Waals surface area contributed by atoms with Gasteiger partial charge in [-0.2, -0.15) is 0 Å². The maximum absolute atomic E-state index is 12.8. The number of hydrogen-bond acceptors (Lipinski definition) is 7. The Hall–Kier alpha value is -3.37. The summed E-state index contributed by atoms with van der Waals surface area (Å²) in [6.07, 6.45) is 2.75. The van der Waals surface area contributed by atoms with Gasteiger partial charge in [0.15, 0.2) is 0 Å². The molecule has 1 amide bonds. The largest absolute Gasteiger partial charge is 0.368 e. The molecular weight excluding hydrogens is 476 g/mol. The number of rotatable bonds is 7. The van der Waals surface area contributed by atoms with Gasteiger partial charge in [-0.25, -0.2) is 18.4 Å². The highest BCUT2D eigenvalue weighted by atomic mass is 35.5. The Balaban J connectivity index is 1.31. The van der Waals surface area contributed by atoms with Crippen molar-refractivity contribution in [1.29, 1.82) is 0 Å². The summed E-state index contributed by atoms with van der Waals surface area (Å²) in [4.78, 5) is 26.5. The van der Waals surface area contributed by atoms with Crippen LogP contribution in [0.2, 0.25) is 5.02 Å². The lowest BCUT2D eigenvalue weighted by atomic mass is 10.2. The first-order valence-corrected chi connectivity index (χ1v) is 12.6. The van der Waals surface area contributed by atoms with E-state index in [1.807, 2.05) is 29.0 Å². The summed E-state index contributed by atoms with van der Waals surface area (Å²) in [5.74, 6) is 0.274. The number of aromatic nitrogens is 2. The molecule has 1 fully saturated rings. The fraction of sp³-hybridized carbons (Fsp3) is 0.261. The number of nitrogens with one attached hydrogen (secondary N) is 1. The van der Waals surface area contributed by atoms with Crippen LogP contribution in [0.3, 0.4) is 0 Å². The second kappa shape index (κ2) is 10.3. The number of carbonyl (C=O) groups excluding carboxylic acids is 1. The number of benzene rings is 2. The maximum Gasteiger partial charge on any atom is 0.263 e. The first-order valence-electron chi connectivity index (χ1n) is 10.7. The summed E-state index contributed by atoms with van der Waals surface area (Å²) < 4.78 is 27.6. The Bertz CT molecular complexity index is 1220. The molecule has 1 aliphatic heterocycles. The Kier molecular flexibility index (Phi) is 7.18. The van der Waals surface area contributed by atoms with Crippen LogP contribution in [0, 0.1) is 0 Å². The van der Waals surface area contributed by atoms with Crippen LogP contribution in [0.15, 0.2) is 72.0 Å². The molecule has 11 heteroatoms. The van der Waals surface area contributed by atoms with Gasteiger partial charge in [-0.15, -0.1) is 0 Å². The average Bonchev–Trinajstić information content (AvgIpc) is 2.85. The van der Waals surface area contributed by atoms with Crippen molar-refractivity contribution in [2.24, 2.45) is 0 Å². The molecule has 4 rings (SSSR count). The molecule has 9 nitrogen and oxygen atoms in total. The zero-order valence-electron chi connectivity index (χ0n) is 18.6. The van der Waals surface area contributed by atoms with Crippen molar-refractivity contribution >= 4 is 44.7 Å². The molecule has 2 aromatic carbocycles. The van der Waals surface area contributed by atoms with Crippen LogP contribution in [0.4, 0.5) is 17.2 Å². The minimum Gasteiger partial charge on any atom is -0.368 e. The van der Waals surface area contributed by atoms with Gasteiger partial charge in [0.05, 0.1) is 11.4 Å². The first-order chi connectivity index (χ1) is 16.3. The van der Waals surface area contributed by atoms with Crippen molar-refractivity contribution in [3.63, 3.8) is 0 Å². The molecule has 3 aromatic rings. The number of halogens is 1. The van der Waals surface area contributed by atoms with E-state index >= 15 is 0 Å². The van der Waals surface area contributed by atoms with E-state index < -0.39 is 10.0 Å². The highest BCUT2D eigenvalue weighted by molar-refractivity contribution is 7.92. The summed E-state index contributed by atoms with van der Waals surface area (Å²) in [6.45, 7) is 2.82. The van der Waals surface area contributed by atoms with E-state index in [4.69, 9.17) is 11.6 Å². The topological polar surface area (TPSA) is 98.7 Å². The Morgan fingerprint density at radius 2 is 1.71 bits per heavy atom. The van der Waals surface area contributed by atoms with Crippen molar-refractivity contribution in [1.82, 2.24) is 14.9 Å². The number of amides is 1. The van der Waals surface area contributed by atoms with Gasteiger partial charge in [-0.05, 0) is 54.6 Å². The molecule has 0 aliphatic carbocycles. The lowest BCUT2D eigenvalue weighted by molar-refractivity contribution is -0.129. The zero-order chi connectivity index (χ0) is 24.1. The third kappa shape index (κ3) is 5.75. The molecule has 0 radical (unpaired) electrons. The monoisotopic (exact) mass is 500 g/mol. The van der Waals surface area contributed by atoms with Gasteiger partial charge in [-0.3, -0.25) is 9.52 Å². The van der Waals surface area contributed by atoms with Crippen LogP contribution in [0.5, 0.6) is 0 Å². The summed E-state index contributed by atoms with van der Waals surface area (Å²) in [6, 6.07) is 15.6. The van der Waals surface area contributed by atoms with Gasteiger partial charge in [0.2, 0.25) is 5.91 Å². The second-order valence-corrected chi connectivity index (χ2v) is 10.0. The number of piperazine rings is 1. The molecule has 0 spiro atoms. The SMILES string of the molecule is CN(CC(=O)N1CCN(c2ccc(S(=O)(=O)Nc3ccncn3)cc2)CC1)c1ccc(Cl)cc1. The molecule has 1 aromatic heterocycles. The highest BCUT2D eigenvalue weighted by Crippen LogP contribution is 2.21. The van der Waals surface area contributed by atoms with E-state index in [-0.39, 0.29) is 23.2 Å². The molecule has 0 atom stereocenters. The van der Waals surface area contributed by atoms with Crippen molar-refractivity contribution in [3.05, 3.63) is 72.1 Å². The predicted molar refractivity (Wildman–Crippen MR) is 133 cm³/mol. The first kappa shape index (κ1) is 23.8. The second-order valence-electron chi connectivity index (χ2n) is 7.89. The lowest BCUT2D eigenvalue weighted by Gasteiger charge is -2.37. The van der Waals surface area contributed by atoms with Crippen LogP contribution in [-0.4, -0.2) is 69.0 Å². The molecule has 1 saturated heterocycles. The van der Waals surface area contributed by atoms with E-state index in [0.29, 0.717) is 31.2 Å². The van der Waals surface area contributed by atoms with Crippen LogP contribution < -0.4 is 14.5 Å². The van der Waals surface area contributed by atoms with Gasteiger partial charge in [0.1, 0.15) is 12.1 Å². The van der Waals surface area contributed by atoms with Gasteiger partial charge in [0.25, 0.3) is 10.0 Å². The Morgan fingerprint density at radius 1 is 1.03 bits per heavy atom. The number of sulfonamides is 1. The molecule has 1 aliphatic rings. The highest BCUT2D eigenvalue weighted by Gasteiger charge is 2.23. The van der Waals surface area contributed by atoms with Crippen molar-refractivity contribution < 1.29 is 13.2 Å². The number of hydrogen-bond donors (Lipinski definition) is 1. The Labute approximate surface area is 204 Å². The minimum absolute atomic E-state index is 0.0642. The molecule has 178 valence electrons. The quantitative estimate of drug-likeness (QED) is 0.532. The summed E-state index contributed by atoms with van der Waals surface area (Å²) in [5.41, 5.74) is 1.84. The van der Waals surface area contributed by atoms with Gasteiger partial charge < -0.3 is 14.7 Å². The number of carbonyl (C=O) groups is 1. The van der Waals surface area contributed by atoms with Crippen LogP contribution in [0.25, 0.3) is 0 Å². The molecule has 0 unspecified atom stereocenters. The number of anilines is 3. The average molecular weight is 501 g/mol. The third-order valence-electron chi connectivity index (χ3n) is 5.61. The smallest absolute Gasteiger partial charge is 0.263 e. The van der Waals surface area contributed by atoms with E-state index in [9.17, 15) is 13.2 Å². The van der Waals surface area contributed by atoms with E-state index in [1.54, 1.807) is 36.4 Å².